The van der Waals surface area contributed by atoms with Gasteiger partial charge in [-0.05, 0) is 28.1 Å². The summed E-state index contributed by atoms with van der Waals surface area (Å²) in [5, 5.41) is 10.6. The average molecular weight is 228 g/mol. The third-order valence-electron chi connectivity index (χ3n) is 5.74. The van der Waals surface area contributed by atoms with Gasteiger partial charge in [-0.25, -0.2) is 0 Å². The zero-order chi connectivity index (χ0) is 12.3. The molecule has 1 saturated carbocycles. The molecule has 16 heavy (non-hydrogen) atoms. The Morgan fingerprint density at radius 3 is 1.25 bits per heavy atom. The summed E-state index contributed by atoms with van der Waals surface area (Å²) in [6, 6.07) is 0. The Balaban J connectivity index is 0.00000225. The molecule has 0 aromatic heterocycles. The summed E-state index contributed by atoms with van der Waals surface area (Å²) in [5.41, 5.74) is 0.328. The zero-order valence-electron chi connectivity index (χ0n) is 11.7. The second kappa shape index (κ2) is 3.73. The topological polar surface area (TPSA) is 20.2 Å². The van der Waals surface area contributed by atoms with Crippen LogP contribution in [-0.2, 0) is 0 Å². The highest BCUT2D eigenvalue weighted by molar-refractivity contribution is 5.08. The average Bonchev–Trinajstić information content (AvgIpc) is 1.98. The van der Waals surface area contributed by atoms with Gasteiger partial charge in [-0.2, -0.15) is 0 Å². The van der Waals surface area contributed by atoms with E-state index in [-0.39, 0.29) is 35.2 Å². The van der Waals surface area contributed by atoms with Gasteiger partial charge in [0.25, 0.3) is 0 Å². The first-order valence-electron chi connectivity index (χ1n) is 6.04. The molecule has 1 aliphatic rings. The number of hydrogen-bond acceptors (Lipinski definition) is 1. The lowest BCUT2D eigenvalue weighted by Gasteiger charge is -2.63. The molecule has 0 saturated heterocycles. The van der Waals surface area contributed by atoms with Gasteiger partial charge in [0.2, 0.25) is 0 Å². The molecule has 0 aromatic rings. The van der Waals surface area contributed by atoms with Gasteiger partial charge in [0.1, 0.15) is 0 Å². The maximum absolute atomic E-state index is 10.6. The Morgan fingerprint density at radius 1 is 0.750 bits per heavy atom. The molecule has 1 N–H and O–H groups in total. The van der Waals surface area contributed by atoms with Crippen LogP contribution in [0, 0.1) is 21.7 Å². The van der Waals surface area contributed by atoms with E-state index >= 15 is 0 Å². The molecule has 0 heterocycles. The van der Waals surface area contributed by atoms with Crippen LogP contribution in [0.2, 0.25) is 0 Å². The lowest BCUT2D eigenvalue weighted by Crippen LogP contribution is -2.61. The fourth-order valence-corrected chi connectivity index (χ4v) is 3.20. The number of rotatable bonds is 0. The molecule has 1 fully saturated rings. The maximum atomic E-state index is 10.6. The first-order chi connectivity index (χ1) is 6.36. The molecule has 1 rings (SSSR count). The number of aliphatic hydroxyl groups is 1. The lowest BCUT2D eigenvalue weighted by atomic mass is 9.44. The smallest absolute Gasteiger partial charge is 0.0652 e. The predicted molar refractivity (Wildman–Crippen MR) is 72.5 cm³/mol. The minimum Gasteiger partial charge on any atom is -0.392 e. The van der Waals surface area contributed by atoms with Crippen molar-refractivity contribution in [2.75, 3.05) is 0 Å². The Labute approximate surface area is 103 Å². The summed E-state index contributed by atoms with van der Waals surface area (Å²) in [6.45, 7) is 18.0. The summed E-state index contributed by atoms with van der Waals surface area (Å²) in [6.07, 6.45) is 0.917. The molecule has 1 aliphatic carbocycles. The Kier molecular flexibility index (Phi) is 3.72. The second-order valence-electron chi connectivity index (χ2n) is 7.79. The fraction of sp³-hybridized carbons (Fsp3) is 1.00. The Morgan fingerprint density at radius 2 is 1.00 bits per heavy atom. The molecule has 0 atom stereocenters. The normalized spacial score (nSPS) is 30.6. The second-order valence-corrected chi connectivity index (χ2v) is 7.79. The summed E-state index contributed by atoms with van der Waals surface area (Å²) < 4.78 is 0. The molecule has 1 heteroatoms. The first kappa shape index (κ1) is 16.0. The molecule has 0 radical (unpaired) electrons. The third kappa shape index (κ3) is 1.81. The van der Waals surface area contributed by atoms with Crippen LogP contribution in [0.1, 0.15) is 69.2 Å². The van der Waals surface area contributed by atoms with Crippen LogP contribution in [-0.4, -0.2) is 11.2 Å². The highest BCUT2D eigenvalue weighted by Crippen LogP contribution is 2.63. The third-order valence-corrected chi connectivity index (χ3v) is 5.74. The summed E-state index contributed by atoms with van der Waals surface area (Å²) in [7, 11) is 0. The van der Waals surface area contributed by atoms with Gasteiger partial charge in [0.05, 0.1) is 6.10 Å². The van der Waals surface area contributed by atoms with E-state index in [9.17, 15) is 5.11 Å². The van der Waals surface area contributed by atoms with Gasteiger partial charge in [-0.15, -0.1) is 0 Å². The van der Waals surface area contributed by atoms with Gasteiger partial charge < -0.3 is 5.11 Å². The molecule has 0 aromatic carbocycles. The van der Waals surface area contributed by atoms with Crippen molar-refractivity contribution < 1.29 is 5.11 Å². The molecule has 1 nitrogen and oxygen atoms in total. The SMILES string of the molecule is C.CC1(C)CC(C)(C)C(C)(C)C(O)C1(C)C. The van der Waals surface area contributed by atoms with Crippen LogP contribution in [0.4, 0.5) is 0 Å². The fourth-order valence-electron chi connectivity index (χ4n) is 3.20. The Hall–Kier alpha value is -0.0400. The van der Waals surface area contributed by atoms with Crippen LogP contribution in [0.3, 0.4) is 0 Å². The van der Waals surface area contributed by atoms with Gasteiger partial charge in [-0.3, -0.25) is 0 Å². The number of hydrogen-bond donors (Lipinski definition) is 1. The van der Waals surface area contributed by atoms with Crippen LogP contribution in [0.15, 0.2) is 0 Å². The summed E-state index contributed by atoms with van der Waals surface area (Å²) >= 11 is 0. The molecule has 0 bridgehead atoms. The van der Waals surface area contributed by atoms with Gasteiger partial charge >= 0.3 is 0 Å². The predicted octanol–water partition coefficient (Wildman–Crippen LogP) is 4.49. The van der Waals surface area contributed by atoms with Crippen LogP contribution in [0.25, 0.3) is 0 Å². The van der Waals surface area contributed by atoms with Crippen molar-refractivity contribution in [2.24, 2.45) is 21.7 Å². The Bertz CT molecular complexity index is 233. The van der Waals surface area contributed by atoms with Crippen molar-refractivity contribution in [1.29, 1.82) is 0 Å². The molecule has 0 amide bonds. The molecule has 0 spiro atoms. The minimum atomic E-state index is -0.247. The van der Waals surface area contributed by atoms with E-state index in [0.717, 1.165) is 6.42 Å². The maximum Gasteiger partial charge on any atom is 0.0652 e. The molecule has 0 unspecified atom stereocenters. The molecular weight excluding hydrogens is 196 g/mol. The van der Waals surface area contributed by atoms with Crippen molar-refractivity contribution in [1.82, 2.24) is 0 Å². The molecule has 98 valence electrons. The van der Waals surface area contributed by atoms with E-state index in [1.807, 2.05) is 0 Å². The van der Waals surface area contributed by atoms with E-state index in [1.54, 1.807) is 0 Å². The van der Waals surface area contributed by atoms with Crippen LogP contribution >= 0.6 is 0 Å². The van der Waals surface area contributed by atoms with Crippen LogP contribution in [0.5, 0.6) is 0 Å². The summed E-state index contributed by atoms with van der Waals surface area (Å²) in [5.74, 6) is 0. The van der Waals surface area contributed by atoms with E-state index < -0.39 is 0 Å². The highest BCUT2D eigenvalue weighted by atomic mass is 16.3. The van der Waals surface area contributed by atoms with Gasteiger partial charge in [0.15, 0.2) is 0 Å². The van der Waals surface area contributed by atoms with E-state index in [1.165, 1.54) is 0 Å². The van der Waals surface area contributed by atoms with Crippen molar-refractivity contribution >= 4 is 0 Å². The zero-order valence-corrected chi connectivity index (χ0v) is 11.7. The van der Waals surface area contributed by atoms with Crippen molar-refractivity contribution in [3.63, 3.8) is 0 Å². The summed E-state index contributed by atoms with van der Waals surface area (Å²) in [4.78, 5) is 0. The quantitative estimate of drug-likeness (QED) is 0.647. The monoisotopic (exact) mass is 228 g/mol. The minimum absolute atomic E-state index is 0. The molecule has 0 aliphatic heterocycles. The standard InChI is InChI=1S/C14H28O.CH4/c1-11(2)9-12(3,4)14(7,8)10(15)13(11,5)6;/h10,15H,9H2,1-8H3;1H4. The van der Waals surface area contributed by atoms with E-state index in [4.69, 9.17) is 0 Å². The van der Waals surface area contributed by atoms with E-state index in [0.29, 0.717) is 0 Å². The highest BCUT2D eigenvalue weighted by Gasteiger charge is 2.59. The van der Waals surface area contributed by atoms with Gasteiger partial charge in [-0.1, -0.05) is 62.8 Å². The van der Waals surface area contributed by atoms with Crippen molar-refractivity contribution in [3.8, 4) is 0 Å². The van der Waals surface area contributed by atoms with Gasteiger partial charge in [0, 0.05) is 0 Å². The lowest BCUT2D eigenvalue weighted by molar-refractivity contribution is -0.198. The van der Waals surface area contributed by atoms with Crippen LogP contribution < -0.4 is 0 Å². The van der Waals surface area contributed by atoms with E-state index in [2.05, 4.69) is 55.4 Å². The molecular formula is C15H32O. The largest absolute Gasteiger partial charge is 0.392 e. The van der Waals surface area contributed by atoms with Crippen molar-refractivity contribution in [2.45, 2.75) is 75.3 Å². The number of aliphatic hydroxyl groups excluding tert-OH is 1. The first-order valence-corrected chi connectivity index (χ1v) is 6.04. The van der Waals surface area contributed by atoms with Crippen molar-refractivity contribution in [3.05, 3.63) is 0 Å².